The Kier molecular flexibility index (Phi) is 8.15. The van der Waals surface area contributed by atoms with Gasteiger partial charge in [-0.2, -0.15) is 0 Å². The molecule has 0 aliphatic heterocycles. The number of halogens is 2. The van der Waals surface area contributed by atoms with Gasteiger partial charge in [-0.05, 0) is 36.6 Å². The summed E-state index contributed by atoms with van der Waals surface area (Å²) >= 11 is 0. The Balaban J connectivity index is 2.04. The van der Waals surface area contributed by atoms with E-state index in [1.54, 1.807) is 19.9 Å². The van der Waals surface area contributed by atoms with E-state index in [9.17, 15) is 18.4 Å². The molecule has 2 aromatic rings. The first-order valence-corrected chi connectivity index (χ1v) is 9.51. The maximum Gasteiger partial charge on any atom is 0.252 e. The molecule has 162 valence electrons. The Bertz CT molecular complexity index is 860. The van der Waals surface area contributed by atoms with Crippen LogP contribution in [0.2, 0.25) is 0 Å². The van der Waals surface area contributed by atoms with Gasteiger partial charge in [0.1, 0.15) is 29.2 Å². The molecule has 30 heavy (non-hydrogen) atoms. The number of methoxy groups -OCH3 is 2. The number of nitrogens with one attached hydrogen (secondary N) is 2. The summed E-state index contributed by atoms with van der Waals surface area (Å²) in [6, 6.07) is 7.48. The fourth-order valence-electron chi connectivity index (χ4n) is 2.89. The SMILES string of the molecule is COc1cc(OC)cc(C(=O)NC(C(=O)NCCc2c(F)cccc2F)C(C)C)c1. The van der Waals surface area contributed by atoms with Gasteiger partial charge in [0, 0.05) is 23.7 Å². The quantitative estimate of drug-likeness (QED) is 0.654. The molecular formula is C22H26F2N2O4. The van der Waals surface area contributed by atoms with Gasteiger partial charge in [-0.25, -0.2) is 8.78 Å². The van der Waals surface area contributed by atoms with E-state index in [4.69, 9.17) is 9.47 Å². The van der Waals surface area contributed by atoms with Crippen molar-refractivity contribution in [3.63, 3.8) is 0 Å². The fourth-order valence-corrected chi connectivity index (χ4v) is 2.89. The molecule has 8 heteroatoms. The van der Waals surface area contributed by atoms with Gasteiger partial charge in [-0.15, -0.1) is 0 Å². The Morgan fingerprint density at radius 2 is 1.57 bits per heavy atom. The van der Waals surface area contributed by atoms with Gasteiger partial charge in [0.15, 0.2) is 0 Å². The van der Waals surface area contributed by atoms with Crippen LogP contribution in [0.5, 0.6) is 11.5 Å². The lowest BCUT2D eigenvalue weighted by Crippen LogP contribution is -2.50. The number of rotatable bonds is 9. The van der Waals surface area contributed by atoms with Crippen LogP contribution in [-0.4, -0.2) is 38.6 Å². The molecule has 2 aromatic carbocycles. The lowest BCUT2D eigenvalue weighted by molar-refractivity contribution is -0.123. The highest BCUT2D eigenvalue weighted by molar-refractivity contribution is 5.98. The van der Waals surface area contributed by atoms with Crippen LogP contribution in [-0.2, 0) is 11.2 Å². The van der Waals surface area contributed by atoms with E-state index in [2.05, 4.69) is 10.6 Å². The van der Waals surface area contributed by atoms with Gasteiger partial charge in [0.05, 0.1) is 14.2 Å². The maximum atomic E-state index is 13.7. The summed E-state index contributed by atoms with van der Waals surface area (Å²) < 4.78 is 37.8. The summed E-state index contributed by atoms with van der Waals surface area (Å²) in [5.41, 5.74) is 0.185. The van der Waals surface area contributed by atoms with Gasteiger partial charge >= 0.3 is 0 Å². The first-order valence-electron chi connectivity index (χ1n) is 9.51. The van der Waals surface area contributed by atoms with Gasteiger partial charge in [0.2, 0.25) is 5.91 Å². The molecule has 2 amide bonds. The van der Waals surface area contributed by atoms with Crippen molar-refractivity contribution in [1.82, 2.24) is 10.6 Å². The van der Waals surface area contributed by atoms with Gasteiger partial charge < -0.3 is 20.1 Å². The summed E-state index contributed by atoms with van der Waals surface area (Å²) in [5.74, 6) is -1.57. The molecule has 0 radical (unpaired) electrons. The molecule has 0 bridgehead atoms. The van der Waals surface area contributed by atoms with E-state index in [0.717, 1.165) is 0 Å². The standard InChI is InChI=1S/C22H26F2N2O4/c1-13(2)20(22(28)25-9-8-17-18(23)6-5-7-19(17)24)26-21(27)14-10-15(29-3)12-16(11-14)30-4/h5-7,10-13,20H,8-9H2,1-4H3,(H,25,28)(H,26,27). The fraction of sp³-hybridized carbons (Fsp3) is 0.364. The van der Waals surface area contributed by atoms with E-state index in [1.165, 1.54) is 44.6 Å². The van der Waals surface area contributed by atoms with Crippen LogP contribution in [0.15, 0.2) is 36.4 Å². The second-order valence-corrected chi connectivity index (χ2v) is 7.04. The van der Waals surface area contributed by atoms with Crippen LogP contribution in [0.3, 0.4) is 0 Å². The summed E-state index contributed by atoms with van der Waals surface area (Å²) in [7, 11) is 2.94. The first-order chi connectivity index (χ1) is 14.3. The van der Waals surface area contributed by atoms with Crippen molar-refractivity contribution in [2.75, 3.05) is 20.8 Å². The Hall–Kier alpha value is -3.16. The number of hydrogen-bond donors (Lipinski definition) is 2. The minimum atomic E-state index is -0.833. The minimum absolute atomic E-state index is 0.00388. The van der Waals surface area contributed by atoms with Crippen LogP contribution in [0.1, 0.15) is 29.8 Å². The maximum absolute atomic E-state index is 13.7. The molecule has 1 atom stereocenters. The average molecular weight is 420 g/mol. The zero-order chi connectivity index (χ0) is 22.3. The van der Waals surface area contributed by atoms with Crippen molar-refractivity contribution in [1.29, 1.82) is 0 Å². The minimum Gasteiger partial charge on any atom is -0.497 e. The molecule has 0 saturated heterocycles. The molecule has 0 heterocycles. The third-order valence-corrected chi connectivity index (χ3v) is 4.59. The molecule has 0 aliphatic carbocycles. The Morgan fingerprint density at radius 1 is 1.00 bits per heavy atom. The molecule has 1 unspecified atom stereocenters. The predicted octanol–water partition coefficient (Wildman–Crippen LogP) is 3.10. The van der Waals surface area contributed by atoms with Crippen molar-refractivity contribution in [3.8, 4) is 11.5 Å². The third-order valence-electron chi connectivity index (χ3n) is 4.59. The van der Waals surface area contributed by atoms with Crippen molar-refractivity contribution in [2.45, 2.75) is 26.3 Å². The highest BCUT2D eigenvalue weighted by Gasteiger charge is 2.25. The van der Waals surface area contributed by atoms with E-state index in [0.29, 0.717) is 11.5 Å². The first kappa shape index (κ1) is 23.1. The molecule has 2 N–H and O–H groups in total. The van der Waals surface area contributed by atoms with Crippen molar-refractivity contribution >= 4 is 11.8 Å². The van der Waals surface area contributed by atoms with Crippen LogP contribution < -0.4 is 20.1 Å². The summed E-state index contributed by atoms with van der Waals surface area (Å²) in [6.07, 6.45) is -0.00388. The lowest BCUT2D eigenvalue weighted by atomic mass is 10.0. The molecule has 0 saturated carbocycles. The number of ether oxygens (including phenoxy) is 2. The van der Waals surface area contributed by atoms with E-state index in [-0.39, 0.29) is 30.0 Å². The van der Waals surface area contributed by atoms with E-state index < -0.39 is 29.5 Å². The largest absolute Gasteiger partial charge is 0.497 e. The van der Waals surface area contributed by atoms with Crippen LogP contribution >= 0.6 is 0 Å². The highest BCUT2D eigenvalue weighted by Crippen LogP contribution is 2.22. The zero-order valence-electron chi connectivity index (χ0n) is 17.4. The Labute approximate surface area is 174 Å². The topological polar surface area (TPSA) is 76.7 Å². The number of hydrogen-bond acceptors (Lipinski definition) is 4. The van der Waals surface area contributed by atoms with Crippen molar-refractivity contribution < 1.29 is 27.8 Å². The second-order valence-electron chi connectivity index (χ2n) is 7.04. The predicted molar refractivity (Wildman–Crippen MR) is 109 cm³/mol. The molecule has 0 fully saturated rings. The lowest BCUT2D eigenvalue weighted by Gasteiger charge is -2.22. The molecular weight excluding hydrogens is 394 g/mol. The van der Waals surface area contributed by atoms with Gasteiger partial charge in [-0.1, -0.05) is 19.9 Å². The highest BCUT2D eigenvalue weighted by atomic mass is 19.1. The summed E-state index contributed by atoms with van der Waals surface area (Å²) in [5, 5.41) is 5.33. The molecule has 0 aliphatic rings. The monoisotopic (exact) mass is 420 g/mol. The van der Waals surface area contributed by atoms with Gasteiger partial charge in [0.25, 0.3) is 5.91 Å². The third kappa shape index (κ3) is 5.92. The number of carbonyl (C=O) groups excluding carboxylic acids is 2. The number of benzene rings is 2. The molecule has 2 rings (SSSR count). The van der Waals surface area contributed by atoms with Gasteiger partial charge in [-0.3, -0.25) is 9.59 Å². The summed E-state index contributed by atoms with van der Waals surface area (Å²) in [4.78, 5) is 25.3. The smallest absolute Gasteiger partial charge is 0.252 e. The second kappa shape index (κ2) is 10.6. The number of carbonyl (C=O) groups is 2. The molecule has 0 aromatic heterocycles. The number of amides is 2. The zero-order valence-corrected chi connectivity index (χ0v) is 17.4. The average Bonchev–Trinajstić information content (AvgIpc) is 2.72. The molecule has 0 spiro atoms. The summed E-state index contributed by atoms with van der Waals surface area (Å²) in [6.45, 7) is 3.60. The van der Waals surface area contributed by atoms with E-state index >= 15 is 0 Å². The Morgan fingerprint density at radius 3 is 2.07 bits per heavy atom. The normalized spacial score (nSPS) is 11.7. The van der Waals surface area contributed by atoms with Crippen molar-refractivity contribution in [2.24, 2.45) is 5.92 Å². The van der Waals surface area contributed by atoms with E-state index in [1.807, 2.05) is 0 Å². The van der Waals surface area contributed by atoms with Crippen molar-refractivity contribution in [3.05, 3.63) is 59.2 Å². The van der Waals surface area contributed by atoms with Crippen LogP contribution in [0, 0.1) is 17.6 Å². The van der Waals surface area contributed by atoms with Crippen LogP contribution in [0.25, 0.3) is 0 Å². The molecule has 6 nitrogen and oxygen atoms in total. The van der Waals surface area contributed by atoms with Crippen LogP contribution in [0.4, 0.5) is 8.78 Å².